The van der Waals surface area contributed by atoms with E-state index in [1.807, 2.05) is 0 Å². The van der Waals surface area contributed by atoms with Crippen molar-refractivity contribution in [2.45, 2.75) is 46.1 Å². The average molecular weight is 250 g/mol. The highest BCUT2D eigenvalue weighted by molar-refractivity contribution is 5.92. The Morgan fingerprint density at radius 3 is 2.61 bits per heavy atom. The first-order valence-electron chi connectivity index (χ1n) is 6.58. The van der Waals surface area contributed by atoms with Crippen molar-refractivity contribution in [3.63, 3.8) is 0 Å². The highest BCUT2D eigenvalue weighted by Gasteiger charge is 2.12. The maximum atomic E-state index is 12.0. The summed E-state index contributed by atoms with van der Waals surface area (Å²) < 4.78 is 0. The Labute approximate surface area is 108 Å². The Morgan fingerprint density at radius 2 is 2.00 bits per heavy atom. The zero-order valence-electron chi connectivity index (χ0n) is 11.4. The molecule has 1 rings (SSSR count). The van der Waals surface area contributed by atoms with E-state index in [4.69, 9.17) is 0 Å². The number of nitrogens with one attached hydrogen (secondary N) is 2. The smallest absolute Gasteiger partial charge is 0.271 e. The molecule has 1 aromatic heterocycles. The van der Waals surface area contributed by atoms with Crippen molar-refractivity contribution in [3.8, 4) is 0 Å². The number of anilines is 1. The second-order valence-corrected chi connectivity index (χ2v) is 4.20. The van der Waals surface area contributed by atoms with Gasteiger partial charge in [0.2, 0.25) is 0 Å². The van der Waals surface area contributed by atoms with E-state index in [0.717, 1.165) is 25.8 Å². The molecule has 0 saturated heterocycles. The van der Waals surface area contributed by atoms with Crippen LogP contribution in [0, 0.1) is 0 Å². The third-order valence-electron chi connectivity index (χ3n) is 2.74. The van der Waals surface area contributed by atoms with E-state index in [0.29, 0.717) is 11.5 Å². The predicted octanol–water partition coefficient (Wildman–Crippen LogP) is 2.22. The Balaban J connectivity index is 2.67. The van der Waals surface area contributed by atoms with E-state index in [1.165, 1.54) is 6.20 Å². The minimum Gasteiger partial charge on any atom is -0.369 e. The maximum Gasteiger partial charge on any atom is 0.271 e. The topological polar surface area (TPSA) is 66.9 Å². The summed E-state index contributed by atoms with van der Waals surface area (Å²) in [5.41, 5.74) is 0.364. The minimum atomic E-state index is -0.156. The standard InChI is InChI=1S/C13H22N4O/c1-4-7-15-12-9-14-8-11(17-12)13(18)16-10(5-2)6-3/h8-10H,4-7H2,1-3H3,(H,15,17)(H,16,18). The van der Waals surface area contributed by atoms with Crippen molar-refractivity contribution in [3.05, 3.63) is 18.1 Å². The highest BCUT2D eigenvalue weighted by atomic mass is 16.1. The van der Waals surface area contributed by atoms with Gasteiger partial charge in [0.15, 0.2) is 0 Å². The average Bonchev–Trinajstić information content (AvgIpc) is 2.42. The summed E-state index contributed by atoms with van der Waals surface area (Å²) in [6.07, 6.45) is 5.97. The van der Waals surface area contributed by atoms with Gasteiger partial charge in [-0.15, -0.1) is 0 Å². The van der Waals surface area contributed by atoms with Gasteiger partial charge in [0.05, 0.1) is 12.4 Å². The number of nitrogens with zero attached hydrogens (tertiary/aromatic N) is 2. The monoisotopic (exact) mass is 250 g/mol. The summed E-state index contributed by atoms with van der Waals surface area (Å²) in [6, 6.07) is 0.201. The molecular formula is C13H22N4O. The molecule has 0 spiro atoms. The quantitative estimate of drug-likeness (QED) is 0.778. The van der Waals surface area contributed by atoms with Gasteiger partial charge in [-0.1, -0.05) is 20.8 Å². The van der Waals surface area contributed by atoms with Gasteiger partial charge in [-0.05, 0) is 19.3 Å². The van der Waals surface area contributed by atoms with E-state index in [2.05, 4.69) is 41.4 Å². The number of hydrogen-bond donors (Lipinski definition) is 2. The second kappa shape index (κ2) is 7.63. The SMILES string of the molecule is CCCNc1cncc(C(=O)NC(CC)CC)n1. The number of carbonyl (C=O) groups is 1. The molecule has 0 bridgehead atoms. The Bertz CT molecular complexity index is 377. The molecule has 0 aromatic carbocycles. The van der Waals surface area contributed by atoms with Crippen LogP contribution in [-0.2, 0) is 0 Å². The van der Waals surface area contributed by atoms with Crippen LogP contribution in [0.4, 0.5) is 5.82 Å². The molecule has 0 unspecified atom stereocenters. The zero-order valence-corrected chi connectivity index (χ0v) is 11.4. The lowest BCUT2D eigenvalue weighted by molar-refractivity contribution is 0.0929. The van der Waals surface area contributed by atoms with Gasteiger partial charge in [-0.2, -0.15) is 0 Å². The van der Waals surface area contributed by atoms with Gasteiger partial charge in [-0.25, -0.2) is 4.98 Å². The molecule has 2 N–H and O–H groups in total. The van der Waals surface area contributed by atoms with Gasteiger partial charge < -0.3 is 10.6 Å². The summed E-state index contributed by atoms with van der Waals surface area (Å²) in [7, 11) is 0. The van der Waals surface area contributed by atoms with Crippen LogP contribution in [0.2, 0.25) is 0 Å². The number of amides is 1. The minimum absolute atomic E-state index is 0.156. The van der Waals surface area contributed by atoms with Crippen LogP contribution < -0.4 is 10.6 Å². The van der Waals surface area contributed by atoms with E-state index in [1.54, 1.807) is 6.20 Å². The molecule has 0 aliphatic rings. The molecule has 0 aliphatic heterocycles. The Morgan fingerprint density at radius 1 is 1.28 bits per heavy atom. The predicted molar refractivity (Wildman–Crippen MR) is 72.6 cm³/mol. The summed E-state index contributed by atoms with van der Waals surface area (Å²) in [4.78, 5) is 20.2. The van der Waals surface area contributed by atoms with Gasteiger partial charge in [0, 0.05) is 12.6 Å². The molecule has 1 aromatic rings. The van der Waals surface area contributed by atoms with Crippen LogP contribution in [0.3, 0.4) is 0 Å². The van der Waals surface area contributed by atoms with Crippen molar-refractivity contribution in [2.75, 3.05) is 11.9 Å². The van der Waals surface area contributed by atoms with Crippen molar-refractivity contribution < 1.29 is 4.79 Å². The van der Waals surface area contributed by atoms with Crippen LogP contribution in [0.25, 0.3) is 0 Å². The Kier molecular flexibility index (Phi) is 6.11. The van der Waals surface area contributed by atoms with Crippen molar-refractivity contribution in [1.82, 2.24) is 15.3 Å². The summed E-state index contributed by atoms with van der Waals surface area (Å²) in [6.45, 7) is 7.01. The van der Waals surface area contributed by atoms with E-state index >= 15 is 0 Å². The summed E-state index contributed by atoms with van der Waals surface area (Å²) in [5, 5.41) is 6.06. The second-order valence-electron chi connectivity index (χ2n) is 4.20. The molecule has 0 radical (unpaired) electrons. The van der Waals surface area contributed by atoms with Gasteiger partial charge in [0.1, 0.15) is 11.5 Å². The van der Waals surface area contributed by atoms with Crippen molar-refractivity contribution >= 4 is 11.7 Å². The normalized spacial score (nSPS) is 10.4. The largest absolute Gasteiger partial charge is 0.369 e. The number of hydrogen-bond acceptors (Lipinski definition) is 4. The molecule has 5 heteroatoms. The summed E-state index contributed by atoms with van der Waals surface area (Å²) >= 11 is 0. The molecule has 1 heterocycles. The van der Waals surface area contributed by atoms with E-state index in [9.17, 15) is 4.79 Å². The number of carbonyl (C=O) groups excluding carboxylic acids is 1. The van der Waals surface area contributed by atoms with Crippen molar-refractivity contribution in [1.29, 1.82) is 0 Å². The fourth-order valence-corrected chi connectivity index (χ4v) is 1.57. The van der Waals surface area contributed by atoms with Gasteiger partial charge >= 0.3 is 0 Å². The highest BCUT2D eigenvalue weighted by Crippen LogP contribution is 2.04. The summed E-state index contributed by atoms with van der Waals surface area (Å²) in [5.74, 6) is 0.491. The van der Waals surface area contributed by atoms with E-state index < -0.39 is 0 Å². The first-order chi connectivity index (χ1) is 8.71. The molecule has 0 fully saturated rings. The maximum absolute atomic E-state index is 12.0. The first kappa shape index (κ1) is 14.4. The third kappa shape index (κ3) is 4.31. The van der Waals surface area contributed by atoms with Crippen molar-refractivity contribution in [2.24, 2.45) is 0 Å². The molecule has 100 valence electrons. The molecule has 18 heavy (non-hydrogen) atoms. The van der Waals surface area contributed by atoms with Crippen LogP contribution >= 0.6 is 0 Å². The van der Waals surface area contributed by atoms with Crippen LogP contribution in [0.5, 0.6) is 0 Å². The van der Waals surface area contributed by atoms with Crippen LogP contribution in [0.1, 0.15) is 50.5 Å². The molecule has 0 atom stereocenters. The van der Waals surface area contributed by atoms with Crippen LogP contribution in [0.15, 0.2) is 12.4 Å². The lowest BCUT2D eigenvalue weighted by Crippen LogP contribution is -2.34. The first-order valence-corrected chi connectivity index (χ1v) is 6.58. The molecule has 0 aliphatic carbocycles. The van der Waals surface area contributed by atoms with Gasteiger partial charge in [0.25, 0.3) is 5.91 Å². The lowest BCUT2D eigenvalue weighted by atomic mass is 10.1. The molecule has 5 nitrogen and oxygen atoms in total. The number of rotatable bonds is 7. The third-order valence-corrected chi connectivity index (χ3v) is 2.74. The fourth-order valence-electron chi connectivity index (χ4n) is 1.57. The van der Waals surface area contributed by atoms with Crippen LogP contribution in [-0.4, -0.2) is 28.5 Å². The van der Waals surface area contributed by atoms with Gasteiger partial charge in [-0.3, -0.25) is 9.78 Å². The van der Waals surface area contributed by atoms with E-state index in [-0.39, 0.29) is 11.9 Å². The molecule has 0 saturated carbocycles. The Hall–Kier alpha value is -1.65. The number of aromatic nitrogens is 2. The zero-order chi connectivity index (χ0) is 13.4. The molecule has 1 amide bonds. The molecular weight excluding hydrogens is 228 g/mol. The lowest BCUT2D eigenvalue weighted by Gasteiger charge is -2.14. The fraction of sp³-hybridized carbons (Fsp3) is 0.615.